The molecular weight excluding hydrogens is 365 g/mol. The highest BCUT2D eigenvalue weighted by molar-refractivity contribution is 9.10. The lowest BCUT2D eigenvalue weighted by atomic mass is 10.2. The monoisotopic (exact) mass is 369 g/mol. The van der Waals surface area contributed by atoms with Gasteiger partial charge in [0.1, 0.15) is 17.3 Å². The molecule has 2 aromatic rings. The van der Waals surface area contributed by atoms with Gasteiger partial charge in [0.25, 0.3) is 0 Å². The summed E-state index contributed by atoms with van der Waals surface area (Å²) in [6.07, 6.45) is 0. The van der Waals surface area contributed by atoms with Gasteiger partial charge in [-0.2, -0.15) is 5.26 Å². The van der Waals surface area contributed by atoms with Crippen molar-refractivity contribution in [2.45, 2.75) is 0 Å². The Labute approximate surface area is 120 Å². The molecule has 2 nitrogen and oxygen atoms in total. The first-order valence-electron chi connectivity index (χ1n) is 4.92. The van der Waals surface area contributed by atoms with Crippen LogP contribution in [0.2, 0.25) is 0 Å². The molecule has 0 unspecified atom stereocenters. The van der Waals surface area contributed by atoms with E-state index < -0.39 is 5.82 Å². The molecule has 0 aliphatic carbocycles. The summed E-state index contributed by atoms with van der Waals surface area (Å²) in [6, 6.07) is 11.5. The fraction of sp³-hybridized carbons (Fsp3) is 0. The van der Waals surface area contributed by atoms with Crippen LogP contribution in [0.3, 0.4) is 0 Å². The van der Waals surface area contributed by atoms with Gasteiger partial charge < -0.3 is 4.74 Å². The third kappa shape index (κ3) is 2.89. The third-order valence-electron chi connectivity index (χ3n) is 2.18. The van der Waals surface area contributed by atoms with Gasteiger partial charge in [-0.25, -0.2) is 4.39 Å². The standard InChI is InChI=1S/C13H6Br2FNO/c14-10-3-2-9(6-12(10)16)18-13-4-1-8(7-17)5-11(13)15/h1-6H. The molecular formula is C13H6Br2FNO. The van der Waals surface area contributed by atoms with E-state index in [0.29, 0.717) is 26.0 Å². The van der Waals surface area contributed by atoms with Crippen LogP contribution in [0, 0.1) is 17.1 Å². The minimum absolute atomic E-state index is 0.383. The highest BCUT2D eigenvalue weighted by Gasteiger charge is 2.06. The summed E-state index contributed by atoms with van der Waals surface area (Å²) in [5, 5.41) is 8.74. The van der Waals surface area contributed by atoms with Gasteiger partial charge in [0.2, 0.25) is 0 Å². The topological polar surface area (TPSA) is 33.0 Å². The Hall–Kier alpha value is -1.38. The second kappa shape index (κ2) is 5.51. The molecule has 0 saturated heterocycles. The van der Waals surface area contributed by atoms with Crippen molar-refractivity contribution in [2.24, 2.45) is 0 Å². The summed E-state index contributed by atoms with van der Waals surface area (Å²) in [5.41, 5.74) is 0.524. The van der Waals surface area contributed by atoms with Crippen LogP contribution in [0.1, 0.15) is 5.56 Å². The molecule has 5 heteroatoms. The third-order valence-corrected chi connectivity index (χ3v) is 3.44. The Morgan fingerprint density at radius 3 is 2.44 bits per heavy atom. The zero-order valence-electron chi connectivity index (χ0n) is 8.95. The van der Waals surface area contributed by atoms with Crippen molar-refractivity contribution in [3.8, 4) is 17.6 Å². The van der Waals surface area contributed by atoms with E-state index in [1.54, 1.807) is 30.3 Å². The summed E-state index contributed by atoms with van der Waals surface area (Å²) in [4.78, 5) is 0. The van der Waals surface area contributed by atoms with Crippen molar-refractivity contribution in [1.82, 2.24) is 0 Å². The lowest BCUT2D eigenvalue weighted by Crippen LogP contribution is -1.88. The maximum atomic E-state index is 13.3. The highest BCUT2D eigenvalue weighted by atomic mass is 79.9. The van der Waals surface area contributed by atoms with E-state index in [2.05, 4.69) is 31.9 Å². The molecule has 2 aromatic carbocycles. The molecule has 0 atom stereocenters. The quantitative estimate of drug-likeness (QED) is 0.743. The van der Waals surface area contributed by atoms with Crippen LogP contribution in [0.15, 0.2) is 45.3 Å². The second-order valence-corrected chi connectivity index (χ2v) is 5.14. The van der Waals surface area contributed by atoms with Crippen molar-refractivity contribution < 1.29 is 9.13 Å². The number of hydrogen-bond acceptors (Lipinski definition) is 2. The molecule has 0 spiro atoms. The minimum Gasteiger partial charge on any atom is -0.456 e. The fourth-order valence-electron chi connectivity index (χ4n) is 1.32. The van der Waals surface area contributed by atoms with E-state index in [-0.39, 0.29) is 0 Å². The minimum atomic E-state index is -0.391. The van der Waals surface area contributed by atoms with Crippen LogP contribution >= 0.6 is 31.9 Å². The van der Waals surface area contributed by atoms with E-state index in [0.717, 1.165) is 0 Å². The van der Waals surface area contributed by atoms with Crippen molar-refractivity contribution in [3.05, 3.63) is 56.7 Å². The van der Waals surface area contributed by atoms with Crippen LogP contribution in [0.4, 0.5) is 4.39 Å². The first kappa shape index (κ1) is 13.1. The molecule has 0 fully saturated rings. The molecule has 0 saturated carbocycles. The maximum absolute atomic E-state index is 13.3. The molecule has 18 heavy (non-hydrogen) atoms. The molecule has 0 aliphatic rings. The highest BCUT2D eigenvalue weighted by Crippen LogP contribution is 2.31. The number of halogens is 3. The number of rotatable bonds is 2. The van der Waals surface area contributed by atoms with E-state index in [1.165, 1.54) is 6.07 Å². The average Bonchev–Trinajstić information content (AvgIpc) is 2.36. The Bertz CT molecular complexity index is 637. The molecule has 0 aromatic heterocycles. The lowest BCUT2D eigenvalue weighted by Gasteiger charge is -2.08. The van der Waals surface area contributed by atoms with Gasteiger partial charge in [-0.05, 0) is 62.2 Å². The van der Waals surface area contributed by atoms with Crippen LogP contribution in [0.5, 0.6) is 11.5 Å². The second-order valence-electron chi connectivity index (χ2n) is 3.43. The van der Waals surface area contributed by atoms with Crippen molar-refractivity contribution in [3.63, 3.8) is 0 Å². The van der Waals surface area contributed by atoms with Gasteiger partial charge in [-0.3, -0.25) is 0 Å². The van der Waals surface area contributed by atoms with E-state index >= 15 is 0 Å². The zero-order chi connectivity index (χ0) is 13.1. The molecule has 90 valence electrons. The summed E-state index contributed by atoms with van der Waals surface area (Å²) >= 11 is 6.37. The Balaban J connectivity index is 2.29. The predicted molar refractivity (Wildman–Crippen MR) is 73.0 cm³/mol. The Kier molecular flexibility index (Phi) is 4.00. The summed E-state index contributed by atoms with van der Waals surface area (Å²) in [6.45, 7) is 0. The first-order chi connectivity index (χ1) is 8.60. The fourth-order valence-corrected chi connectivity index (χ4v) is 2.03. The maximum Gasteiger partial charge on any atom is 0.141 e. The van der Waals surface area contributed by atoms with Crippen LogP contribution < -0.4 is 4.74 Å². The molecule has 2 rings (SSSR count). The first-order valence-corrected chi connectivity index (χ1v) is 6.51. The van der Waals surface area contributed by atoms with Gasteiger partial charge in [0, 0.05) is 6.07 Å². The Morgan fingerprint density at radius 1 is 1.06 bits per heavy atom. The smallest absolute Gasteiger partial charge is 0.141 e. The molecule has 0 aliphatic heterocycles. The molecule has 0 bridgehead atoms. The van der Waals surface area contributed by atoms with E-state index in [4.69, 9.17) is 10.00 Å². The Morgan fingerprint density at radius 2 is 1.83 bits per heavy atom. The van der Waals surface area contributed by atoms with Gasteiger partial charge in [-0.1, -0.05) is 0 Å². The number of nitrogens with zero attached hydrogens (tertiary/aromatic N) is 1. The number of benzene rings is 2. The summed E-state index contributed by atoms with van der Waals surface area (Å²) in [5.74, 6) is 0.522. The number of ether oxygens (including phenoxy) is 1. The van der Waals surface area contributed by atoms with Gasteiger partial charge in [0.05, 0.1) is 20.6 Å². The zero-order valence-corrected chi connectivity index (χ0v) is 12.1. The number of hydrogen-bond donors (Lipinski definition) is 0. The lowest BCUT2D eigenvalue weighted by molar-refractivity contribution is 0.473. The van der Waals surface area contributed by atoms with Gasteiger partial charge in [-0.15, -0.1) is 0 Å². The molecule has 0 amide bonds. The molecule has 0 radical (unpaired) electrons. The molecule has 0 heterocycles. The normalized spacial score (nSPS) is 9.89. The van der Waals surface area contributed by atoms with E-state index in [1.807, 2.05) is 6.07 Å². The summed E-state index contributed by atoms with van der Waals surface area (Å²) in [7, 11) is 0. The van der Waals surface area contributed by atoms with Crippen LogP contribution in [-0.4, -0.2) is 0 Å². The molecule has 0 N–H and O–H groups in total. The summed E-state index contributed by atoms with van der Waals surface area (Å²) < 4.78 is 19.9. The van der Waals surface area contributed by atoms with Gasteiger partial charge >= 0.3 is 0 Å². The van der Waals surface area contributed by atoms with Gasteiger partial charge in [0.15, 0.2) is 0 Å². The average molecular weight is 371 g/mol. The van der Waals surface area contributed by atoms with Crippen LogP contribution in [-0.2, 0) is 0 Å². The predicted octanol–water partition coefficient (Wildman–Crippen LogP) is 5.01. The number of nitriles is 1. The van der Waals surface area contributed by atoms with Crippen LogP contribution in [0.25, 0.3) is 0 Å². The largest absolute Gasteiger partial charge is 0.456 e. The van der Waals surface area contributed by atoms with E-state index in [9.17, 15) is 4.39 Å². The van der Waals surface area contributed by atoms with Crippen molar-refractivity contribution >= 4 is 31.9 Å². The van der Waals surface area contributed by atoms with Crippen molar-refractivity contribution in [2.75, 3.05) is 0 Å². The SMILES string of the molecule is N#Cc1ccc(Oc2ccc(Br)c(F)c2)c(Br)c1. The van der Waals surface area contributed by atoms with Crippen molar-refractivity contribution in [1.29, 1.82) is 5.26 Å².